The molecule has 3 heteroatoms. The van der Waals surface area contributed by atoms with Gasteiger partial charge in [-0.3, -0.25) is 0 Å². The van der Waals surface area contributed by atoms with Gasteiger partial charge in [-0.15, -0.1) is 0 Å². The molecule has 104 valence electrons. The molecule has 0 aliphatic heterocycles. The van der Waals surface area contributed by atoms with Crippen LogP contribution in [0.1, 0.15) is 25.5 Å². The summed E-state index contributed by atoms with van der Waals surface area (Å²) in [5, 5.41) is 4.89. The summed E-state index contributed by atoms with van der Waals surface area (Å²) in [6.45, 7) is 7.50. The molecule has 0 saturated heterocycles. The Labute approximate surface area is 116 Å². The topological polar surface area (TPSA) is 20.2 Å². The molecule has 0 saturated carbocycles. The highest BCUT2D eigenvalue weighted by molar-refractivity contribution is 5.84. The fraction of sp³-hybridized carbons (Fsp3) is 0.500. The Morgan fingerprint density at radius 3 is 2.63 bits per heavy atom. The number of benzene rings is 1. The van der Waals surface area contributed by atoms with Gasteiger partial charge in [-0.25, -0.2) is 0 Å². The lowest BCUT2D eigenvalue weighted by Crippen LogP contribution is -2.26. The molecule has 0 amide bonds. The summed E-state index contributed by atoms with van der Waals surface area (Å²) in [6, 6.07) is 9.16. The van der Waals surface area contributed by atoms with Crippen molar-refractivity contribution in [2.75, 3.05) is 27.2 Å². The molecular weight excluding hydrogens is 234 g/mol. The van der Waals surface area contributed by atoms with E-state index in [4.69, 9.17) is 0 Å². The number of para-hydroxylation sites is 1. The molecule has 1 heterocycles. The van der Waals surface area contributed by atoms with Crippen molar-refractivity contribution in [2.45, 2.75) is 26.4 Å². The van der Waals surface area contributed by atoms with Gasteiger partial charge >= 0.3 is 0 Å². The molecular formula is C16H25N3. The smallest absolute Gasteiger partial charge is 0.0486 e. The van der Waals surface area contributed by atoms with E-state index in [-0.39, 0.29) is 0 Å². The molecule has 2 rings (SSSR count). The maximum absolute atomic E-state index is 3.52. The van der Waals surface area contributed by atoms with Crippen LogP contribution in [0, 0.1) is 0 Å². The van der Waals surface area contributed by atoms with Crippen molar-refractivity contribution in [3.63, 3.8) is 0 Å². The number of likely N-dealkylation sites (N-methyl/N-ethyl adjacent to an activating group) is 1. The normalized spacial score (nSPS) is 11.9. The molecule has 1 aromatic heterocycles. The van der Waals surface area contributed by atoms with Crippen LogP contribution in [0.3, 0.4) is 0 Å². The Kier molecular flexibility index (Phi) is 4.61. The number of aromatic nitrogens is 1. The predicted octanol–water partition coefficient (Wildman–Crippen LogP) is 2.87. The van der Waals surface area contributed by atoms with E-state index in [1.807, 2.05) is 0 Å². The summed E-state index contributed by atoms with van der Waals surface area (Å²) in [7, 11) is 4.21. The second kappa shape index (κ2) is 6.22. The van der Waals surface area contributed by atoms with E-state index in [0.717, 1.165) is 19.6 Å². The molecule has 1 aromatic carbocycles. The zero-order valence-electron chi connectivity index (χ0n) is 12.5. The number of nitrogens with one attached hydrogen (secondary N) is 1. The number of nitrogens with zero attached hydrogens (tertiary/aromatic N) is 2. The molecule has 0 atom stereocenters. The largest absolute Gasteiger partial charge is 0.345 e. The Morgan fingerprint density at radius 1 is 1.21 bits per heavy atom. The second-order valence-corrected chi connectivity index (χ2v) is 5.65. The molecule has 0 radical (unpaired) electrons. The van der Waals surface area contributed by atoms with E-state index in [0.29, 0.717) is 6.04 Å². The van der Waals surface area contributed by atoms with Gasteiger partial charge in [0, 0.05) is 42.8 Å². The lowest BCUT2D eigenvalue weighted by Gasteiger charge is -2.10. The lowest BCUT2D eigenvalue weighted by atomic mass is 10.2. The molecule has 0 fully saturated rings. The number of hydrogen-bond acceptors (Lipinski definition) is 2. The summed E-state index contributed by atoms with van der Waals surface area (Å²) in [5.74, 6) is 0. The van der Waals surface area contributed by atoms with Crippen LogP contribution in [-0.4, -0.2) is 36.7 Å². The first kappa shape index (κ1) is 14.1. The minimum atomic E-state index is 0.500. The Bertz CT molecular complexity index is 526. The summed E-state index contributed by atoms with van der Waals surface area (Å²) >= 11 is 0. The van der Waals surface area contributed by atoms with Crippen LogP contribution in [0.5, 0.6) is 0 Å². The van der Waals surface area contributed by atoms with Crippen molar-refractivity contribution >= 4 is 10.9 Å². The zero-order valence-corrected chi connectivity index (χ0v) is 12.5. The van der Waals surface area contributed by atoms with Crippen molar-refractivity contribution in [2.24, 2.45) is 0 Å². The molecule has 2 aromatic rings. The van der Waals surface area contributed by atoms with E-state index in [1.54, 1.807) is 0 Å². The van der Waals surface area contributed by atoms with Crippen LogP contribution in [0.15, 0.2) is 30.5 Å². The van der Waals surface area contributed by atoms with Crippen molar-refractivity contribution < 1.29 is 0 Å². The van der Waals surface area contributed by atoms with Gasteiger partial charge in [0.15, 0.2) is 0 Å². The number of fused-ring (bicyclic) bond motifs is 1. The summed E-state index contributed by atoms with van der Waals surface area (Å²) in [6.07, 6.45) is 2.29. The minimum Gasteiger partial charge on any atom is -0.345 e. The standard InChI is InChI=1S/C16H25N3/c1-13(2)19-12-14(11-17-9-10-18(3)4)15-7-5-6-8-16(15)19/h5-8,12-13,17H,9-11H2,1-4H3. The van der Waals surface area contributed by atoms with Gasteiger partial charge < -0.3 is 14.8 Å². The molecule has 0 aliphatic carbocycles. The predicted molar refractivity (Wildman–Crippen MR) is 82.6 cm³/mol. The van der Waals surface area contributed by atoms with E-state index >= 15 is 0 Å². The van der Waals surface area contributed by atoms with Gasteiger partial charge in [0.25, 0.3) is 0 Å². The first-order chi connectivity index (χ1) is 9.09. The second-order valence-electron chi connectivity index (χ2n) is 5.65. The van der Waals surface area contributed by atoms with Gasteiger partial charge in [-0.05, 0) is 39.6 Å². The van der Waals surface area contributed by atoms with Crippen molar-refractivity contribution in [1.29, 1.82) is 0 Å². The van der Waals surface area contributed by atoms with Crippen molar-refractivity contribution in [3.05, 3.63) is 36.0 Å². The van der Waals surface area contributed by atoms with E-state index in [2.05, 4.69) is 73.2 Å². The highest BCUT2D eigenvalue weighted by Crippen LogP contribution is 2.24. The van der Waals surface area contributed by atoms with Gasteiger partial charge in [0.1, 0.15) is 0 Å². The van der Waals surface area contributed by atoms with E-state index in [1.165, 1.54) is 16.5 Å². The average Bonchev–Trinajstić information content (AvgIpc) is 2.74. The third kappa shape index (κ3) is 3.37. The van der Waals surface area contributed by atoms with Crippen LogP contribution >= 0.6 is 0 Å². The fourth-order valence-electron chi connectivity index (χ4n) is 2.37. The SMILES string of the molecule is CC(C)n1cc(CNCCN(C)C)c2ccccc21. The summed E-state index contributed by atoms with van der Waals surface area (Å²) in [5.41, 5.74) is 2.73. The molecule has 3 nitrogen and oxygen atoms in total. The highest BCUT2D eigenvalue weighted by atomic mass is 15.1. The highest BCUT2D eigenvalue weighted by Gasteiger charge is 2.09. The van der Waals surface area contributed by atoms with Crippen LogP contribution in [0.25, 0.3) is 10.9 Å². The first-order valence-electron chi connectivity index (χ1n) is 7.03. The Hall–Kier alpha value is -1.32. The fourth-order valence-corrected chi connectivity index (χ4v) is 2.37. The van der Waals surface area contributed by atoms with Crippen LogP contribution in [0.2, 0.25) is 0 Å². The lowest BCUT2D eigenvalue weighted by molar-refractivity contribution is 0.400. The van der Waals surface area contributed by atoms with Crippen LogP contribution in [0.4, 0.5) is 0 Å². The summed E-state index contributed by atoms with van der Waals surface area (Å²) < 4.78 is 2.36. The van der Waals surface area contributed by atoms with Gasteiger partial charge in [-0.1, -0.05) is 18.2 Å². The maximum atomic E-state index is 3.52. The quantitative estimate of drug-likeness (QED) is 0.805. The summed E-state index contributed by atoms with van der Waals surface area (Å²) in [4.78, 5) is 2.20. The van der Waals surface area contributed by atoms with Gasteiger partial charge in [0.2, 0.25) is 0 Å². The average molecular weight is 259 g/mol. The number of rotatable bonds is 6. The van der Waals surface area contributed by atoms with Crippen molar-refractivity contribution in [3.8, 4) is 0 Å². The third-order valence-electron chi connectivity index (χ3n) is 3.43. The first-order valence-corrected chi connectivity index (χ1v) is 7.03. The van der Waals surface area contributed by atoms with E-state index < -0.39 is 0 Å². The maximum Gasteiger partial charge on any atom is 0.0486 e. The number of hydrogen-bond donors (Lipinski definition) is 1. The monoisotopic (exact) mass is 259 g/mol. The van der Waals surface area contributed by atoms with E-state index in [9.17, 15) is 0 Å². The third-order valence-corrected chi connectivity index (χ3v) is 3.43. The molecule has 19 heavy (non-hydrogen) atoms. The molecule has 0 unspecified atom stereocenters. The van der Waals surface area contributed by atoms with Gasteiger partial charge in [0.05, 0.1) is 0 Å². The Morgan fingerprint density at radius 2 is 1.95 bits per heavy atom. The molecule has 0 spiro atoms. The Balaban J connectivity index is 2.14. The molecule has 0 aliphatic rings. The zero-order chi connectivity index (χ0) is 13.8. The molecule has 1 N–H and O–H groups in total. The van der Waals surface area contributed by atoms with Crippen LogP contribution < -0.4 is 5.32 Å². The van der Waals surface area contributed by atoms with Crippen molar-refractivity contribution in [1.82, 2.24) is 14.8 Å². The molecule has 0 bridgehead atoms. The van der Waals surface area contributed by atoms with Crippen LogP contribution in [-0.2, 0) is 6.54 Å². The minimum absolute atomic E-state index is 0.500. The van der Waals surface area contributed by atoms with Gasteiger partial charge in [-0.2, -0.15) is 0 Å².